The third-order valence-corrected chi connectivity index (χ3v) is 4.72. The average molecular weight is 250 g/mol. The van der Waals surface area contributed by atoms with E-state index in [0.29, 0.717) is 19.5 Å². The first-order chi connectivity index (χ1) is 7.08. The van der Waals surface area contributed by atoms with Crippen molar-refractivity contribution in [3.05, 3.63) is 0 Å². The molecule has 6 heteroatoms. The molecule has 96 valence electrons. The van der Waals surface area contributed by atoms with E-state index in [1.54, 1.807) is 27.9 Å². The molecular formula is C10H22N2O3S. The van der Waals surface area contributed by atoms with Gasteiger partial charge in [0, 0.05) is 39.9 Å². The Morgan fingerprint density at radius 1 is 1.31 bits per heavy atom. The van der Waals surface area contributed by atoms with Crippen molar-refractivity contribution in [2.75, 3.05) is 33.4 Å². The molecule has 0 aromatic carbocycles. The summed E-state index contributed by atoms with van der Waals surface area (Å²) in [6.45, 7) is 4.19. The van der Waals surface area contributed by atoms with Crippen molar-refractivity contribution >= 4 is 15.7 Å². The van der Waals surface area contributed by atoms with Gasteiger partial charge in [-0.05, 0) is 13.8 Å². The number of hydrogen-bond acceptors (Lipinski definition) is 4. The third kappa shape index (κ3) is 4.94. The van der Waals surface area contributed by atoms with E-state index in [0.717, 1.165) is 0 Å². The highest BCUT2D eigenvalue weighted by molar-refractivity contribution is 7.92. The highest BCUT2D eigenvalue weighted by Crippen LogP contribution is 2.13. The maximum absolute atomic E-state index is 11.4. The molecule has 0 aliphatic carbocycles. The Kier molecular flexibility index (Phi) is 5.41. The number of carbonyl (C=O) groups excluding carboxylic acids is 1. The fourth-order valence-corrected chi connectivity index (χ4v) is 1.30. The summed E-state index contributed by atoms with van der Waals surface area (Å²) in [7, 11) is 0.317. The Labute approximate surface area is 98.1 Å². The molecule has 0 unspecified atom stereocenters. The van der Waals surface area contributed by atoms with Crippen molar-refractivity contribution in [3.63, 3.8) is 0 Å². The standard InChI is InChI=1S/C10H22N2O3S/c1-10(2,16(5,14)15)8-11-7-6-9(13)12(3)4/h11H,6-8H2,1-5H3. The van der Waals surface area contributed by atoms with Crippen LogP contribution in [0.25, 0.3) is 0 Å². The van der Waals surface area contributed by atoms with E-state index in [1.807, 2.05) is 0 Å². The van der Waals surface area contributed by atoms with Crippen molar-refractivity contribution in [2.45, 2.75) is 25.0 Å². The predicted octanol–water partition coefficient (Wildman–Crippen LogP) is -0.122. The molecule has 0 fully saturated rings. The molecule has 5 nitrogen and oxygen atoms in total. The number of nitrogens with zero attached hydrogens (tertiary/aromatic N) is 1. The molecule has 0 saturated carbocycles. The first kappa shape index (κ1) is 15.4. The van der Waals surface area contributed by atoms with Crippen LogP contribution in [0.15, 0.2) is 0 Å². The second-order valence-electron chi connectivity index (χ2n) is 4.75. The Balaban J connectivity index is 3.97. The van der Waals surface area contributed by atoms with Crippen LogP contribution < -0.4 is 5.32 Å². The largest absolute Gasteiger partial charge is 0.349 e. The van der Waals surface area contributed by atoms with E-state index in [9.17, 15) is 13.2 Å². The van der Waals surface area contributed by atoms with E-state index in [2.05, 4.69) is 5.32 Å². The Bertz CT molecular complexity index is 334. The number of rotatable bonds is 6. The highest BCUT2D eigenvalue weighted by Gasteiger charge is 2.29. The fourth-order valence-electron chi connectivity index (χ4n) is 0.939. The van der Waals surface area contributed by atoms with Crippen LogP contribution in [-0.4, -0.2) is 57.4 Å². The van der Waals surface area contributed by atoms with Gasteiger partial charge in [-0.2, -0.15) is 0 Å². The summed E-state index contributed by atoms with van der Waals surface area (Å²) < 4.78 is 22.0. The second-order valence-corrected chi connectivity index (χ2v) is 7.40. The van der Waals surface area contributed by atoms with Gasteiger partial charge in [0.15, 0.2) is 9.84 Å². The fraction of sp³-hybridized carbons (Fsp3) is 0.900. The lowest BCUT2D eigenvalue weighted by atomic mass is 10.2. The predicted molar refractivity (Wildman–Crippen MR) is 65.1 cm³/mol. The molecule has 0 rings (SSSR count). The summed E-state index contributed by atoms with van der Waals surface area (Å²) in [6.07, 6.45) is 1.60. The summed E-state index contributed by atoms with van der Waals surface area (Å²) in [5.74, 6) is 0.0321. The average Bonchev–Trinajstić information content (AvgIpc) is 2.09. The molecule has 0 aromatic rings. The zero-order chi connectivity index (χ0) is 13.0. The van der Waals surface area contributed by atoms with Gasteiger partial charge in [-0.1, -0.05) is 0 Å². The quantitative estimate of drug-likeness (QED) is 0.667. The van der Waals surface area contributed by atoms with Crippen LogP contribution in [0, 0.1) is 0 Å². The van der Waals surface area contributed by atoms with Gasteiger partial charge in [-0.25, -0.2) is 8.42 Å². The zero-order valence-corrected chi connectivity index (χ0v) is 11.5. The van der Waals surface area contributed by atoms with E-state index >= 15 is 0 Å². The summed E-state index contributed by atoms with van der Waals surface area (Å²) in [6, 6.07) is 0. The number of nitrogens with one attached hydrogen (secondary N) is 1. The van der Waals surface area contributed by atoms with Gasteiger partial charge in [0.2, 0.25) is 5.91 Å². The monoisotopic (exact) mass is 250 g/mol. The van der Waals surface area contributed by atoms with Crippen molar-refractivity contribution < 1.29 is 13.2 Å². The highest BCUT2D eigenvalue weighted by atomic mass is 32.2. The van der Waals surface area contributed by atoms with E-state index < -0.39 is 14.6 Å². The lowest BCUT2D eigenvalue weighted by Crippen LogP contribution is -2.42. The van der Waals surface area contributed by atoms with Gasteiger partial charge in [-0.3, -0.25) is 4.79 Å². The van der Waals surface area contributed by atoms with E-state index in [-0.39, 0.29) is 5.91 Å². The van der Waals surface area contributed by atoms with Crippen LogP contribution in [-0.2, 0) is 14.6 Å². The van der Waals surface area contributed by atoms with Crippen LogP contribution in [0.1, 0.15) is 20.3 Å². The van der Waals surface area contributed by atoms with Crippen LogP contribution in [0.3, 0.4) is 0 Å². The molecule has 0 aliphatic rings. The smallest absolute Gasteiger partial charge is 0.223 e. The van der Waals surface area contributed by atoms with Crippen molar-refractivity contribution in [2.24, 2.45) is 0 Å². The van der Waals surface area contributed by atoms with E-state index in [1.165, 1.54) is 11.2 Å². The number of carbonyl (C=O) groups is 1. The van der Waals surface area contributed by atoms with Gasteiger partial charge in [0.1, 0.15) is 0 Å². The molecule has 0 radical (unpaired) electrons. The van der Waals surface area contributed by atoms with Gasteiger partial charge in [-0.15, -0.1) is 0 Å². The first-order valence-corrected chi connectivity index (χ1v) is 7.07. The minimum atomic E-state index is -3.08. The van der Waals surface area contributed by atoms with Gasteiger partial charge >= 0.3 is 0 Å². The summed E-state index contributed by atoms with van der Waals surface area (Å²) in [5.41, 5.74) is 0. The van der Waals surface area contributed by atoms with E-state index in [4.69, 9.17) is 0 Å². The Hall–Kier alpha value is -0.620. The summed E-state index contributed by atoms with van der Waals surface area (Å²) in [4.78, 5) is 12.7. The van der Waals surface area contributed by atoms with Crippen LogP contribution in [0.4, 0.5) is 0 Å². The molecule has 1 N–H and O–H groups in total. The molecular weight excluding hydrogens is 228 g/mol. The maximum atomic E-state index is 11.4. The second kappa shape index (κ2) is 5.63. The maximum Gasteiger partial charge on any atom is 0.223 e. The van der Waals surface area contributed by atoms with Gasteiger partial charge in [0.05, 0.1) is 4.75 Å². The molecule has 0 aromatic heterocycles. The summed E-state index contributed by atoms with van der Waals surface area (Å²) >= 11 is 0. The third-order valence-electron chi connectivity index (χ3n) is 2.57. The topological polar surface area (TPSA) is 66.5 Å². The van der Waals surface area contributed by atoms with Gasteiger partial charge in [0.25, 0.3) is 0 Å². The van der Waals surface area contributed by atoms with Crippen molar-refractivity contribution in [1.29, 1.82) is 0 Å². The minimum Gasteiger partial charge on any atom is -0.349 e. The number of sulfone groups is 1. The number of amides is 1. The molecule has 0 heterocycles. The molecule has 0 spiro atoms. The summed E-state index contributed by atoms with van der Waals surface area (Å²) in [5, 5.41) is 2.99. The molecule has 0 bridgehead atoms. The van der Waals surface area contributed by atoms with Crippen LogP contribution in [0.5, 0.6) is 0 Å². The lowest BCUT2D eigenvalue weighted by Gasteiger charge is -2.22. The molecule has 0 aliphatic heterocycles. The van der Waals surface area contributed by atoms with Crippen molar-refractivity contribution in [3.8, 4) is 0 Å². The Morgan fingerprint density at radius 3 is 2.19 bits per heavy atom. The minimum absolute atomic E-state index is 0.0321. The number of hydrogen-bond donors (Lipinski definition) is 1. The molecule has 0 atom stereocenters. The van der Waals surface area contributed by atoms with Crippen LogP contribution in [0.2, 0.25) is 0 Å². The normalized spacial score (nSPS) is 12.6. The molecule has 16 heavy (non-hydrogen) atoms. The van der Waals surface area contributed by atoms with Crippen LogP contribution >= 0.6 is 0 Å². The van der Waals surface area contributed by atoms with Gasteiger partial charge < -0.3 is 10.2 Å². The van der Waals surface area contributed by atoms with Crippen molar-refractivity contribution in [1.82, 2.24) is 10.2 Å². The Morgan fingerprint density at radius 2 is 1.81 bits per heavy atom. The molecule has 0 saturated heterocycles. The SMILES string of the molecule is CN(C)C(=O)CCNCC(C)(C)S(C)(=O)=O. The lowest BCUT2D eigenvalue weighted by molar-refractivity contribution is -0.128. The first-order valence-electron chi connectivity index (χ1n) is 5.18. The molecule has 1 amide bonds. The zero-order valence-electron chi connectivity index (χ0n) is 10.7.